The second kappa shape index (κ2) is 6.10. The maximum Gasteiger partial charge on any atom is 0.422 e. The van der Waals surface area contributed by atoms with E-state index >= 15 is 0 Å². The fourth-order valence-corrected chi connectivity index (χ4v) is 2.95. The smallest absolute Gasteiger partial charge is 0.422 e. The van der Waals surface area contributed by atoms with Gasteiger partial charge in [-0.05, 0) is 40.0 Å². The molecule has 1 amide bonds. The van der Waals surface area contributed by atoms with E-state index in [2.05, 4.69) is 17.8 Å². The second-order valence-electron chi connectivity index (χ2n) is 6.99. The lowest BCUT2D eigenvalue weighted by Crippen LogP contribution is -2.58. The molecule has 0 bridgehead atoms. The number of nitrogens with one attached hydrogen (secondary N) is 2. The van der Waals surface area contributed by atoms with Gasteiger partial charge in [-0.25, -0.2) is 10.2 Å². The van der Waals surface area contributed by atoms with Gasteiger partial charge in [-0.15, -0.1) is 0 Å². The Morgan fingerprint density at radius 3 is 2.19 bits per heavy atom. The van der Waals surface area contributed by atoms with E-state index in [9.17, 15) is 4.79 Å². The molecule has 2 fully saturated rings. The molecule has 21 heavy (non-hydrogen) atoms. The van der Waals surface area contributed by atoms with Crippen molar-refractivity contribution in [2.24, 2.45) is 0 Å². The highest BCUT2D eigenvalue weighted by Gasteiger charge is 2.45. The molecule has 0 aromatic carbocycles. The first-order valence-electron chi connectivity index (χ1n) is 7.82. The van der Waals surface area contributed by atoms with E-state index in [0.29, 0.717) is 13.2 Å². The molecular weight excluding hydrogens is 272 g/mol. The molecule has 2 rings (SSSR count). The summed E-state index contributed by atoms with van der Waals surface area (Å²) in [5, 5.41) is 0. The predicted molar refractivity (Wildman–Crippen MR) is 78.6 cm³/mol. The number of carbonyl (C=O) groups excluding carboxylic acids is 1. The minimum atomic E-state index is -0.493. The summed E-state index contributed by atoms with van der Waals surface area (Å²) >= 11 is 0. The predicted octanol–water partition coefficient (Wildman–Crippen LogP) is 2.48. The maximum atomic E-state index is 11.8. The highest BCUT2D eigenvalue weighted by atomic mass is 16.7. The van der Waals surface area contributed by atoms with Gasteiger partial charge >= 0.3 is 6.09 Å². The van der Waals surface area contributed by atoms with E-state index < -0.39 is 11.7 Å². The van der Waals surface area contributed by atoms with E-state index in [-0.39, 0.29) is 11.3 Å². The molecule has 1 saturated heterocycles. The molecule has 2 aliphatic rings. The van der Waals surface area contributed by atoms with Gasteiger partial charge in [0, 0.05) is 18.4 Å². The van der Waals surface area contributed by atoms with Crippen LogP contribution in [-0.4, -0.2) is 36.2 Å². The van der Waals surface area contributed by atoms with Crippen molar-refractivity contribution in [2.75, 3.05) is 13.2 Å². The molecule has 1 saturated carbocycles. The zero-order chi connectivity index (χ0) is 15.6. The summed E-state index contributed by atoms with van der Waals surface area (Å²) in [6.45, 7) is 9.04. The van der Waals surface area contributed by atoms with E-state index in [0.717, 1.165) is 32.1 Å². The number of ether oxygens (including phenoxy) is 3. The van der Waals surface area contributed by atoms with Gasteiger partial charge in [-0.2, -0.15) is 0 Å². The third-order valence-electron chi connectivity index (χ3n) is 4.29. The molecule has 6 nitrogen and oxygen atoms in total. The molecule has 0 unspecified atom stereocenters. The number of amides is 1. The van der Waals surface area contributed by atoms with Crippen LogP contribution in [0.25, 0.3) is 0 Å². The molecule has 1 aliphatic heterocycles. The van der Waals surface area contributed by atoms with Crippen LogP contribution in [0.4, 0.5) is 4.79 Å². The van der Waals surface area contributed by atoms with Crippen molar-refractivity contribution in [3.63, 3.8) is 0 Å². The van der Waals surface area contributed by atoms with Gasteiger partial charge in [-0.1, -0.05) is 6.92 Å². The zero-order valence-electron chi connectivity index (χ0n) is 13.6. The topological polar surface area (TPSA) is 68.8 Å². The number of hydrazine groups is 1. The summed E-state index contributed by atoms with van der Waals surface area (Å²) in [5.41, 5.74) is 5.26. The average molecular weight is 300 g/mol. The van der Waals surface area contributed by atoms with Crippen LogP contribution in [0.2, 0.25) is 0 Å². The van der Waals surface area contributed by atoms with E-state index in [1.165, 1.54) is 0 Å². The SMILES string of the molecule is CCC1(NNC(=O)OC(C)(C)C)CCC2(CC1)OCCO2. The molecule has 6 heteroatoms. The van der Waals surface area contributed by atoms with Gasteiger partial charge < -0.3 is 14.2 Å². The van der Waals surface area contributed by atoms with Crippen LogP contribution in [0.1, 0.15) is 59.8 Å². The fraction of sp³-hybridized carbons (Fsp3) is 0.933. The first kappa shape index (κ1) is 16.5. The Kier molecular flexibility index (Phi) is 4.80. The Labute approximate surface area is 126 Å². The molecular formula is C15H28N2O4. The van der Waals surface area contributed by atoms with Gasteiger partial charge in [0.05, 0.1) is 13.2 Å². The van der Waals surface area contributed by atoms with E-state index in [1.54, 1.807) is 0 Å². The Balaban J connectivity index is 1.84. The zero-order valence-corrected chi connectivity index (χ0v) is 13.6. The lowest BCUT2D eigenvalue weighted by molar-refractivity contribution is -0.187. The van der Waals surface area contributed by atoms with Crippen LogP contribution in [0.3, 0.4) is 0 Å². The first-order valence-corrected chi connectivity index (χ1v) is 7.82. The lowest BCUT2D eigenvalue weighted by atomic mass is 9.77. The second-order valence-corrected chi connectivity index (χ2v) is 6.99. The van der Waals surface area contributed by atoms with Crippen LogP contribution in [0.15, 0.2) is 0 Å². The van der Waals surface area contributed by atoms with Crippen molar-refractivity contribution >= 4 is 6.09 Å². The van der Waals surface area contributed by atoms with Crippen LogP contribution < -0.4 is 10.9 Å². The highest BCUT2D eigenvalue weighted by Crippen LogP contribution is 2.41. The van der Waals surface area contributed by atoms with Crippen molar-refractivity contribution in [3.05, 3.63) is 0 Å². The molecule has 1 spiro atoms. The molecule has 0 aromatic heterocycles. The Morgan fingerprint density at radius 1 is 1.14 bits per heavy atom. The maximum absolute atomic E-state index is 11.8. The van der Waals surface area contributed by atoms with E-state index in [4.69, 9.17) is 14.2 Å². The van der Waals surface area contributed by atoms with Gasteiger partial charge in [0.1, 0.15) is 5.60 Å². The fourth-order valence-electron chi connectivity index (χ4n) is 2.95. The first-order chi connectivity index (χ1) is 9.78. The number of rotatable bonds is 3. The van der Waals surface area contributed by atoms with Crippen molar-refractivity contribution in [2.45, 2.75) is 76.7 Å². The van der Waals surface area contributed by atoms with Crippen LogP contribution in [0.5, 0.6) is 0 Å². The van der Waals surface area contributed by atoms with Crippen molar-refractivity contribution in [1.29, 1.82) is 0 Å². The molecule has 1 aliphatic carbocycles. The van der Waals surface area contributed by atoms with E-state index in [1.807, 2.05) is 20.8 Å². The number of hydrogen-bond acceptors (Lipinski definition) is 5. The normalized spacial score (nSPS) is 24.0. The summed E-state index contributed by atoms with van der Waals surface area (Å²) in [7, 11) is 0. The molecule has 2 N–H and O–H groups in total. The third-order valence-corrected chi connectivity index (χ3v) is 4.29. The van der Waals surface area contributed by atoms with Crippen LogP contribution >= 0.6 is 0 Å². The third kappa shape index (κ3) is 4.31. The van der Waals surface area contributed by atoms with Crippen molar-refractivity contribution < 1.29 is 19.0 Å². The molecule has 0 aromatic rings. The van der Waals surface area contributed by atoms with Gasteiger partial charge in [0.2, 0.25) is 0 Å². The van der Waals surface area contributed by atoms with Crippen molar-refractivity contribution in [3.8, 4) is 0 Å². The molecule has 0 atom stereocenters. The summed E-state index contributed by atoms with van der Waals surface area (Å²) < 4.78 is 16.7. The molecule has 1 heterocycles. The quantitative estimate of drug-likeness (QED) is 0.784. The highest BCUT2D eigenvalue weighted by molar-refractivity contribution is 5.67. The van der Waals surface area contributed by atoms with Gasteiger partial charge in [-0.3, -0.25) is 5.43 Å². The minimum Gasteiger partial charge on any atom is -0.443 e. The number of carbonyl (C=O) groups is 1. The van der Waals surface area contributed by atoms with Gasteiger partial charge in [0.15, 0.2) is 5.79 Å². The van der Waals surface area contributed by atoms with Crippen molar-refractivity contribution in [1.82, 2.24) is 10.9 Å². The standard InChI is InChI=1S/C15H28N2O4/c1-5-14(17-16-12(18)21-13(2,3)4)6-8-15(9-7-14)19-10-11-20-15/h17H,5-11H2,1-4H3,(H,16,18). The summed E-state index contributed by atoms with van der Waals surface area (Å²) in [6.07, 6.45) is 3.99. The molecule has 0 radical (unpaired) electrons. The van der Waals surface area contributed by atoms with Crippen LogP contribution in [-0.2, 0) is 14.2 Å². The summed E-state index contributed by atoms with van der Waals surface area (Å²) in [6, 6.07) is 0. The Hall–Kier alpha value is -0.850. The Morgan fingerprint density at radius 2 is 1.71 bits per heavy atom. The summed E-state index contributed by atoms with van der Waals surface area (Å²) in [5.74, 6) is -0.383. The van der Waals surface area contributed by atoms with Gasteiger partial charge in [0.25, 0.3) is 0 Å². The largest absolute Gasteiger partial charge is 0.443 e. The lowest BCUT2D eigenvalue weighted by Gasteiger charge is -2.43. The number of hydrogen-bond donors (Lipinski definition) is 2. The van der Waals surface area contributed by atoms with Crippen LogP contribution in [0, 0.1) is 0 Å². The average Bonchev–Trinajstić information content (AvgIpc) is 2.86. The molecule has 122 valence electrons. The minimum absolute atomic E-state index is 0.114. The monoisotopic (exact) mass is 300 g/mol. The summed E-state index contributed by atoms with van der Waals surface area (Å²) in [4.78, 5) is 11.8. The Bertz CT molecular complexity index is 362.